The Hall–Kier alpha value is -3.29. The van der Waals surface area contributed by atoms with Crippen LogP contribution >= 0.6 is 34.5 Å². The minimum Gasteiger partial charge on any atom is -0.427 e. The third-order valence-corrected chi connectivity index (χ3v) is 6.24. The molecule has 0 aliphatic carbocycles. The van der Waals surface area contributed by atoms with Crippen LogP contribution in [0.15, 0.2) is 37.6 Å². The van der Waals surface area contributed by atoms with E-state index >= 15 is 0 Å². The number of amides is 1. The highest BCUT2D eigenvalue weighted by atomic mass is 35.5. The van der Waals surface area contributed by atoms with Gasteiger partial charge in [-0.15, -0.1) is 24.5 Å². The average Bonchev–Trinajstić information content (AvgIpc) is 3.36. The maximum absolute atomic E-state index is 12.6. The van der Waals surface area contributed by atoms with E-state index in [1.54, 1.807) is 5.38 Å². The number of anilines is 1. The highest BCUT2D eigenvalue weighted by Crippen LogP contribution is 2.35. The van der Waals surface area contributed by atoms with Crippen LogP contribution in [-0.4, -0.2) is 26.4 Å². The smallest absolute Gasteiger partial charge is 0.427 e. The first-order chi connectivity index (χ1) is 16.4. The number of nitrogens with one attached hydrogen (secondary N) is 1. The number of thiazole rings is 1. The van der Waals surface area contributed by atoms with Gasteiger partial charge in [-0.3, -0.25) is 18.7 Å². The lowest BCUT2D eigenvalue weighted by molar-refractivity contribution is -0.274. The number of halogens is 5. The summed E-state index contributed by atoms with van der Waals surface area (Å²) in [4.78, 5) is 41.5. The van der Waals surface area contributed by atoms with Gasteiger partial charge in [0, 0.05) is 30.6 Å². The zero-order valence-electron chi connectivity index (χ0n) is 17.7. The van der Waals surface area contributed by atoms with E-state index in [9.17, 15) is 27.6 Å². The van der Waals surface area contributed by atoms with E-state index in [0.29, 0.717) is 11.3 Å². The third kappa shape index (κ3) is 4.92. The fraction of sp³-hybridized carbons (Fsp3) is 0.200. The van der Waals surface area contributed by atoms with E-state index in [1.807, 2.05) is 0 Å². The van der Waals surface area contributed by atoms with Crippen molar-refractivity contribution in [3.05, 3.63) is 60.2 Å². The quantitative estimate of drug-likeness (QED) is 0.397. The zero-order chi connectivity index (χ0) is 25.7. The molecule has 1 aromatic carbocycles. The van der Waals surface area contributed by atoms with Crippen LogP contribution in [0.5, 0.6) is 5.75 Å². The van der Waals surface area contributed by atoms with Gasteiger partial charge >= 0.3 is 12.1 Å². The number of nitrogens with zero attached hydrogens (tertiary/aromatic N) is 3. The predicted octanol–water partition coefficient (Wildman–Crippen LogP) is 4.34. The number of alkyl halides is 3. The van der Waals surface area contributed by atoms with E-state index < -0.39 is 29.3 Å². The minimum absolute atomic E-state index is 0.00499. The van der Waals surface area contributed by atoms with Crippen LogP contribution in [0, 0.1) is 0 Å². The van der Waals surface area contributed by atoms with Crippen LogP contribution in [-0.2, 0) is 25.3 Å². The lowest BCUT2D eigenvalue weighted by Gasteiger charge is -2.10. The van der Waals surface area contributed by atoms with E-state index in [1.165, 1.54) is 26.2 Å². The Balaban J connectivity index is 1.54. The summed E-state index contributed by atoms with van der Waals surface area (Å²) < 4.78 is 48.4. The second-order valence-corrected chi connectivity index (χ2v) is 8.80. The summed E-state index contributed by atoms with van der Waals surface area (Å²) in [6.07, 6.45) is -5.23. The Kier molecular flexibility index (Phi) is 6.42. The number of rotatable bonds is 5. The zero-order valence-corrected chi connectivity index (χ0v) is 20.0. The molecule has 9 nitrogen and oxygen atoms in total. The van der Waals surface area contributed by atoms with Crippen LogP contribution in [0.3, 0.4) is 0 Å². The van der Waals surface area contributed by atoms with Gasteiger partial charge in [0.15, 0.2) is 5.13 Å². The molecule has 1 N–H and O–H groups in total. The number of hydrogen-bond donors (Lipinski definition) is 1. The molecule has 0 aliphatic rings. The number of aryl methyl sites for hydroxylation is 1. The summed E-state index contributed by atoms with van der Waals surface area (Å²) in [5.74, 6) is -1.13. The van der Waals surface area contributed by atoms with Gasteiger partial charge in [-0.1, -0.05) is 11.6 Å². The van der Waals surface area contributed by atoms with Crippen molar-refractivity contribution in [2.45, 2.75) is 12.8 Å². The number of aromatic nitrogens is 3. The van der Waals surface area contributed by atoms with Crippen molar-refractivity contribution >= 4 is 56.7 Å². The third-order valence-electron chi connectivity index (χ3n) is 4.88. The number of fused-ring (bicyclic) bond motifs is 1. The van der Waals surface area contributed by atoms with Gasteiger partial charge < -0.3 is 14.5 Å². The Bertz CT molecular complexity index is 1590. The van der Waals surface area contributed by atoms with Crippen molar-refractivity contribution in [3.8, 4) is 17.0 Å². The first-order valence-corrected chi connectivity index (χ1v) is 11.2. The monoisotopic (exact) mass is 548 g/mol. The Morgan fingerprint density at radius 2 is 1.94 bits per heavy atom. The fourth-order valence-corrected chi connectivity index (χ4v) is 4.45. The maximum atomic E-state index is 12.6. The number of carbonyl (C=O) groups excluding carboxylic acids is 1. The predicted molar refractivity (Wildman–Crippen MR) is 123 cm³/mol. The molecule has 0 aliphatic heterocycles. The molecule has 0 bridgehead atoms. The summed E-state index contributed by atoms with van der Waals surface area (Å²) in [6.45, 7) is 0. The molecule has 4 aromatic rings. The summed E-state index contributed by atoms with van der Waals surface area (Å²) in [6, 6.07) is 3.65. The van der Waals surface area contributed by atoms with E-state index in [2.05, 4.69) is 15.0 Å². The maximum Gasteiger partial charge on any atom is 0.573 e. The largest absolute Gasteiger partial charge is 0.573 e. The van der Waals surface area contributed by atoms with Gasteiger partial charge in [0.25, 0.3) is 5.56 Å². The molecule has 4 rings (SSSR count). The highest BCUT2D eigenvalue weighted by Gasteiger charge is 2.32. The van der Waals surface area contributed by atoms with Crippen molar-refractivity contribution in [2.24, 2.45) is 14.1 Å². The average molecular weight is 549 g/mol. The molecule has 3 heterocycles. The molecule has 15 heteroatoms. The molecule has 0 saturated carbocycles. The van der Waals surface area contributed by atoms with Crippen molar-refractivity contribution in [1.29, 1.82) is 0 Å². The first-order valence-electron chi connectivity index (χ1n) is 9.53. The van der Waals surface area contributed by atoms with E-state index in [4.69, 9.17) is 27.6 Å². The molecule has 0 atom stereocenters. The number of ether oxygens (including phenoxy) is 1. The van der Waals surface area contributed by atoms with Crippen LogP contribution in [0.1, 0.15) is 5.56 Å². The van der Waals surface area contributed by atoms with Gasteiger partial charge in [0.05, 0.1) is 17.1 Å². The SMILES string of the molecule is Cn1c(=O)c2c(CC(=O)Nc3nc(-c4ccc(OC(F)(F)F)c(Cl)c4)cs3)c(Cl)oc2n(C)c1=O. The first kappa shape index (κ1) is 24.8. The van der Waals surface area contributed by atoms with Crippen molar-refractivity contribution in [2.75, 3.05) is 5.32 Å². The lowest BCUT2D eigenvalue weighted by Crippen LogP contribution is -2.36. The summed E-state index contributed by atoms with van der Waals surface area (Å²) in [7, 11) is 2.69. The standard InChI is InChI=1S/C20H13Cl2F3N4O5S/c1-28-16(31)14-9(15(22)33-17(14)29(2)19(28)32)6-13(30)27-18-26-11(7-35-18)8-3-4-12(10(21)5-8)34-20(23,24)25/h3-5,7H,6H2,1-2H3,(H,26,27,30). The Morgan fingerprint density at radius 3 is 2.60 bits per heavy atom. The minimum atomic E-state index is -4.88. The van der Waals surface area contributed by atoms with Crippen molar-refractivity contribution < 1.29 is 27.1 Å². The number of carbonyl (C=O) groups is 1. The Labute approximate surface area is 207 Å². The second kappa shape index (κ2) is 9.06. The van der Waals surface area contributed by atoms with Gasteiger partial charge in [0.2, 0.25) is 16.8 Å². The molecule has 0 fully saturated rings. The molecule has 0 unspecified atom stereocenters. The molecule has 1 amide bonds. The van der Waals surface area contributed by atoms with Gasteiger partial charge in [-0.25, -0.2) is 9.78 Å². The number of furan rings is 1. The second-order valence-electron chi connectivity index (χ2n) is 7.20. The normalized spacial score (nSPS) is 11.7. The molecule has 3 aromatic heterocycles. The molecule has 0 spiro atoms. The molecular formula is C20H13Cl2F3N4O5S. The molecular weight excluding hydrogens is 536 g/mol. The summed E-state index contributed by atoms with van der Waals surface area (Å²) in [5.41, 5.74) is -0.474. The molecule has 0 radical (unpaired) electrons. The van der Waals surface area contributed by atoms with E-state index in [-0.39, 0.29) is 38.5 Å². The van der Waals surface area contributed by atoms with E-state index in [0.717, 1.165) is 26.5 Å². The Morgan fingerprint density at radius 1 is 1.23 bits per heavy atom. The number of hydrogen-bond acceptors (Lipinski definition) is 7. The molecule has 0 saturated heterocycles. The number of benzene rings is 1. The van der Waals surface area contributed by atoms with Gasteiger partial charge in [-0.2, -0.15) is 0 Å². The summed E-state index contributed by atoms with van der Waals surface area (Å²) >= 11 is 13.0. The summed E-state index contributed by atoms with van der Waals surface area (Å²) in [5, 5.41) is 3.84. The van der Waals surface area contributed by atoms with Gasteiger partial charge in [0.1, 0.15) is 11.1 Å². The molecule has 35 heavy (non-hydrogen) atoms. The van der Waals surface area contributed by atoms with Crippen LogP contribution in [0.25, 0.3) is 22.4 Å². The van der Waals surface area contributed by atoms with Crippen molar-refractivity contribution in [3.63, 3.8) is 0 Å². The van der Waals surface area contributed by atoms with Crippen LogP contribution < -0.4 is 21.3 Å². The fourth-order valence-electron chi connectivity index (χ4n) is 3.26. The van der Waals surface area contributed by atoms with Crippen molar-refractivity contribution in [1.82, 2.24) is 14.1 Å². The highest BCUT2D eigenvalue weighted by molar-refractivity contribution is 7.14. The van der Waals surface area contributed by atoms with Crippen LogP contribution in [0.4, 0.5) is 18.3 Å². The van der Waals surface area contributed by atoms with Gasteiger partial charge in [-0.05, 0) is 29.8 Å². The molecule has 184 valence electrons. The topological polar surface area (TPSA) is 108 Å². The lowest BCUT2D eigenvalue weighted by atomic mass is 10.1. The van der Waals surface area contributed by atoms with Crippen LogP contribution in [0.2, 0.25) is 10.2 Å².